The lowest BCUT2D eigenvalue weighted by molar-refractivity contribution is -0.0846. The summed E-state index contributed by atoms with van der Waals surface area (Å²) in [6, 6.07) is 9.71. The van der Waals surface area contributed by atoms with E-state index < -0.39 is 18.4 Å². The number of aliphatic hydroxyl groups excluding tert-OH is 2. The van der Waals surface area contributed by atoms with Gasteiger partial charge in [-0.3, -0.25) is 4.90 Å². The fourth-order valence-electron chi connectivity index (χ4n) is 2.01. The van der Waals surface area contributed by atoms with E-state index in [1.165, 1.54) is 0 Å². The molecule has 0 unspecified atom stereocenters. The number of hydrogen-bond donors (Lipinski definition) is 2. The van der Waals surface area contributed by atoms with Crippen LogP contribution in [-0.2, 0) is 6.54 Å². The Hall–Kier alpha value is -0.970. The highest BCUT2D eigenvalue weighted by atomic mass is 19.1. The summed E-state index contributed by atoms with van der Waals surface area (Å²) in [4.78, 5) is 1.82. The number of likely N-dealkylation sites (tertiary alicyclic amines) is 1. The van der Waals surface area contributed by atoms with Gasteiger partial charge in [0.05, 0.1) is 6.10 Å². The largest absolute Gasteiger partial charge is 0.389 e. The molecule has 0 spiro atoms. The predicted molar refractivity (Wildman–Crippen MR) is 58.6 cm³/mol. The first-order chi connectivity index (χ1) is 7.66. The van der Waals surface area contributed by atoms with Crippen LogP contribution in [0.25, 0.3) is 0 Å². The molecule has 0 radical (unpaired) electrons. The highest BCUT2D eigenvalue weighted by molar-refractivity contribution is 5.14. The Labute approximate surface area is 94.1 Å². The van der Waals surface area contributed by atoms with Crippen molar-refractivity contribution in [3.63, 3.8) is 0 Å². The third-order valence-corrected chi connectivity index (χ3v) is 2.89. The van der Waals surface area contributed by atoms with E-state index in [0.29, 0.717) is 13.1 Å². The molecule has 0 aliphatic carbocycles. The highest BCUT2D eigenvalue weighted by Crippen LogP contribution is 2.16. The molecule has 2 N–H and O–H groups in total. The minimum absolute atomic E-state index is 0.174. The number of benzene rings is 1. The van der Waals surface area contributed by atoms with Crippen LogP contribution in [0.15, 0.2) is 30.3 Å². The van der Waals surface area contributed by atoms with Crippen molar-refractivity contribution in [1.29, 1.82) is 0 Å². The first kappa shape index (κ1) is 11.5. The van der Waals surface area contributed by atoms with Crippen LogP contribution in [0, 0.1) is 0 Å². The monoisotopic (exact) mass is 225 g/mol. The van der Waals surface area contributed by atoms with E-state index in [1.54, 1.807) is 0 Å². The van der Waals surface area contributed by atoms with Gasteiger partial charge in [0.1, 0.15) is 12.3 Å². The van der Waals surface area contributed by atoms with Crippen molar-refractivity contribution in [3.05, 3.63) is 35.9 Å². The maximum Gasteiger partial charge on any atom is 0.141 e. The average Bonchev–Trinajstić information content (AvgIpc) is 2.27. The summed E-state index contributed by atoms with van der Waals surface area (Å²) in [7, 11) is 0. The summed E-state index contributed by atoms with van der Waals surface area (Å²) >= 11 is 0. The van der Waals surface area contributed by atoms with Gasteiger partial charge < -0.3 is 10.2 Å². The van der Waals surface area contributed by atoms with E-state index in [2.05, 4.69) is 0 Å². The Bertz CT molecular complexity index is 321. The van der Waals surface area contributed by atoms with Gasteiger partial charge in [-0.2, -0.15) is 0 Å². The zero-order valence-electron chi connectivity index (χ0n) is 8.96. The Kier molecular flexibility index (Phi) is 3.53. The van der Waals surface area contributed by atoms with Crippen LogP contribution in [-0.4, -0.2) is 46.6 Å². The summed E-state index contributed by atoms with van der Waals surface area (Å²) < 4.78 is 13.3. The second-order valence-electron chi connectivity index (χ2n) is 4.25. The topological polar surface area (TPSA) is 43.7 Å². The van der Waals surface area contributed by atoms with Gasteiger partial charge in [0, 0.05) is 19.6 Å². The molecule has 1 aromatic rings. The highest BCUT2D eigenvalue weighted by Gasteiger charge is 2.34. The van der Waals surface area contributed by atoms with Crippen LogP contribution in [0.4, 0.5) is 4.39 Å². The normalized spacial score (nSPS) is 31.6. The molecule has 16 heavy (non-hydrogen) atoms. The lowest BCUT2D eigenvalue weighted by atomic mass is 10.0. The second-order valence-corrected chi connectivity index (χ2v) is 4.25. The Morgan fingerprint density at radius 3 is 2.50 bits per heavy atom. The second kappa shape index (κ2) is 4.91. The number of nitrogens with zero attached hydrogens (tertiary/aromatic N) is 1. The maximum absolute atomic E-state index is 13.3. The van der Waals surface area contributed by atoms with Crippen LogP contribution in [0.5, 0.6) is 0 Å². The number of aliphatic hydroxyl groups is 2. The van der Waals surface area contributed by atoms with E-state index in [0.717, 1.165) is 5.56 Å². The van der Waals surface area contributed by atoms with Gasteiger partial charge in [0.2, 0.25) is 0 Å². The van der Waals surface area contributed by atoms with Gasteiger partial charge in [-0.05, 0) is 5.56 Å². The molecule has 0 bridgehead atoms. The molecule has 0 aromatic heterocycles. The van der Waals surface area contributed by atoms with Crippen LogP contribution < -0.4 is 0 Å². The van der Waals surface area contributed by atoms with Gasteiger partial charge in [-0.15, -0.1) is 0 Å². The van der Waals surface area contributed by atoms with E-state index in [9.17, 15) is 14.6 Å². The standard InChI is InChI=1S/C12H16FNO2/c13-10-7-14(8-11(15)12(10)16)6-9-4-2-1-3-5-9/h1-5,10-12,15-16H,6-8H2/t10-,11+,12-/m1/s1. The van der Waals surface area contributed by atoms with Crippen LogP contribution in [0.2, 0.25) is 0 Å². The third kappa shape index (κ3) is 2.58. The molecule has 1 heterocycles. The summed E-state index contributed by atoms with van der Waals surface area (Å²) in [5, 5.41) is 18.7. The number of alkyl halides is 1. The van der Waals surface area contributed by atoms with E-state index in [4.69, 9.17) is 0 Å². The average molecular weight is 225 g/mol. The van der Waals surface area contributed by atoms with E-state index in [1.807, 2.05) is 35.2 Å². The molecule has 3 nitrogen and oxygen atoms in total. The zero-order chi connectivity index (χ0) is 11.5. The fraction of sp³-hybridized carbons (Fsp3) is 0.500. The van der Waals surface area contributed by atoms with Crippen LogP contribution >= 0.6 is 0 Å². The zero-order valence-corrected chi connectivity index (χ0v) is 8.96. The molecule has 2 rings (SSSR count). The fourth-order valence-corrected chi connectivity index (χ4v) is 2.01. The SMILES string of the molecule is O[C@@H]1[C@H](F)CN(Cc2ccccc2)C[C@@H]1O. The van der Waals surface area contributed by atoms with Gasteiger partial charge in [-0.25, -0.2) is 4.39 Å². The third-order valence-electron chi connectivity index (χ3n) is 2.89. The van der Waals surface area contributed by atoms with Crippen molar-refractivity contribution in [1.82, 2.24) is 4.90 Å². The molecule has 4 heteroatoms. The number of halogens is 1. The number of piperidine rings is 1. The van der Waals surface area contributed by atoms with Crippen molar-refractivity contribution in [2.45, 2.75) is 24.9 Å². The summed E-state index contributed by atoms with van der Waals surface area (Å²) in [5.74, 6) is 0. The van der Waals surface area contributed by atoms with Crippen molar-refractivity contribution in [3.8, 4) is 0 Å². The molecule has 1 aliphatic rings. The molecule has 1 fully saturated rings. The number of β-amino-alcohol motifs (C(OH)–C–C–N with tert-alkyl or cyclic N) is 1. The number of rotatable bonds is 2. The minimum atomic E-state index is -1.37. The first-order valence-corrected chi connectivity index (χ1v) is 5.43. The van der Waals surface area contributed by atoms with Crippen LogP contribution in [0.3, 0.4) is 0 Å². The first-order valence-electron chi connectivity index (χ1n) is 5.43. The van der Waals surface area contributed by atoms with Gasteiger partial charge in [0.25, 0.3) is 0 Å². The van der Waals surface area contributed by atoms with E-state index in [-0.39, 0.29) is 6.54 Å². The van der Waals surface area contributed by atoms with Crippen LogP contribution in [0.1, 0.15) is 5.56 Å². The van der Waals surface area contributed by atoms with Crippen molar-refractivity contribution >= 4 is 0 Å². The predicted octanol–water partition coefficient (Wildman–Crippen LogP) is 0.562. The minimum Gasteiger partial charge on any atom is -0.389 e. The molecule has 1 aromatic carbocycles. The molecule has 1 aliphatic heterocycles. The maximum atomic E-state index is 13.3. The lowest BCUT2D eigenvalue weighted by Gasteiger charge is -2.35. The quantitative estimate of drug-likeness (QED) is 0.773. The lowest BCUT2D eigenvalue weighted by Crippen LogP contribution is -2.53. The summed E-state index contributed by atoms with van der Waals surface area (Å²) in [6.07, 6.45) is -3.60. The molecule has 0 saturated carbocycles. The Morgan fingerprint density at radius 2 is 1.88 bits per heavy atom. The summed E-state index contributed by atoms with van der Waals surface area (Å²) in [5.41, 5.74) is 1.08. The van der Waals surface area contributed by atoms with Crippen molar-refractivity contribution in [2.24, 2.45) is 0 Å². The molecule has 3 atom stereocenters. The molecule has 1 saturated heterocycles. The molecular formula is C12H16FNO2. The van der Waals surface area contributed by atoms with Gasteiger partial charge >= 0.3 is 0 Å². The van der Waals surface area contributed by atoms with E-state index >= 15 is 0 Å². The summed E-state index contributed by atoms with van der Waals surface area (Å²) in [6.45, 7) is 1.09. The van der Waals surface area contributed by atoms with Crippen molar-refractivity contribution in [2.75, 3.05) is 13.1 Å². The Morgan fingerprint density at radius 1 is 1.19 bits per heavy atom. The molecule has 0 amide bonds. The smallest absolute Gasteiger partial charge is 0.141 e. The number of hydrogen-bond acceptors (Lipinski definition) is 3. The molecular weight excluding hydrogens is 209 g/mol. The van der Waals surface area contributed by atoms with Gasteiger partial charge in [0.15, 0.2) is 0 Å². The van der Waals surface area contributed by atoms with Crippen molar-refractivity contribution < 1.29 is 14.6 Å². The molecule has 88 valence electrons. The van der Waals surface area contributed by atoms with Gasteiger partial charge in [-0.1, -0.05) is 30.3 Å². The Balaban J connectivity index is 1.97.